The average Bonchev–Trinajstić information content (AvgIpc) is 2.73. The van der Waals surface area contributed by atoms with Crippen molar-refractivity contribution in [1.29, 1.82) is 0 Å². The summed E-state index contributed by atoms with van der Waals surface area (Å²) >= 11 is 0. The Hall–Kier alpha value is -0.870. The zero-order valence-corrected chi connectivity index (χ0v) is 11.0. The second-order valence-corrected chi connectivity index (χ2v) is 5.22. The van der Waals surface area contributed by atoms with Crippen molar-refractivity contribution in [1.82, 2.24) is 14.5 Å². The minimum Gasteiger partial charge on any atom is -0.334 e. The number of hydrogen-bond acceptors (Lipinski definition) is 3. The second-order valence-electron chi connectivity index (χ2n) is 5.22. The third kappa shape index (κ3) is 3.07. The molecule has 1 aliphatic rings. The van der Waals surface area contributed by atoms with E-state index in [1.807, 2.05) is 6.20 Å². The Bertz CT molecular complexity index is 347. The van der Waals surface area contributed by atoms with E-state index in [1.165, 1.54) is 19.4 Å². The Balaban J connectivity index is 1.87. The van der Waals surface area contributed by atoms with E-state index in [9.17, 15) is 0 Å². The molecule has 0 aliphatic carbocycles. The molecule has 1 aromatic heterocycles. The summed E-state index contributed by atoms with van der Waals surface area (Å²) in [6.07, 6.45) is 6.48. The van der Waals surface area contributed by atoms with Crippen LogP contribution in [-0.4, -0.2) is 40.1 Å². The molecule has 17 heavy (non-hydrogen) atoms. The fraction of sp³-hybridized carbons (Fsp3) is 0.769. The summed E-state index contributed by atoms with van der Waals surface area (Å²) < 4.78 is 2.21. The molecule has 1 aliphatic heterocycles. The third-order valence-corrected chi connectivity index (χ3v) is 3.92. The summed E-state index contributed by atoms with van der Waals surface area (Å²) in [5.74, 6) is 1.93. The fourth-order valence-electron chi connectivity index (χ4n) is 2.72. The zero-order chi connectivity index (χ0) is 12.3. The highest BCUT2D eigenvalue weighted by molar-refractivity contribution is 4.89. The van der Waals surface area contributed by atoms with Gasteiger partial charge in [-0.3, -0.25) is 4.90 Å². The van der Waals surface area contributed by atoms with Crippen molar-refractivity contribution in [3.8, 4) is 0 Å². The Morgan fingerprint density at radius 3 is 2.94 bits per heavy atom. The van der Waals surface area contributed by atoms with Crippen molar-refractivity contribution >= 4 is 0 Å². The molecule has 0 saturated carbocycles. The van der Waals surface area contributed by atoms with Gasteiger partial charge in [-0.15, -0.1) is 0 Å². The molecule has 1 fully saturated rings. The SMILES string of the molecule is Cc1nccn1CCN1CCC(C)CC1CN. The lowest BCUT2D eigenvalue weighted by Gasteiger charge is -2.38. The number of piperidine rings is 1. The van der Waals surface area contributed by atoms with Crippen LogP contribution < -0.4 is 5.73 Å². The number of hydrogen-bond donors (Lipinski definition) is 1. The quantitative estimate of drug-likeness (QED) is 0.856. The van der Waals surface area contributed by atoms with E-state index in [2.05, 4.69) is 34.5 Å². The lowest BCUT2D eigenvalue weighted by atomic mass is 9.92. The van der Waals surface area contributed by atoms with Gasteiger partial charge in [0.25, 0.3) is 0 Å². The summed E-state index contributed by atoms with van der Waals surface area (Å²) in [7, 11) is 0. The molecule has 96 valence electrons. The summed E-state index contributed by atoms with van der Waals surface area (Å²) in [4.78, 5) is 6.79. The molecule has 0 aromatic carbocycles. The molecule has 1 saturated heterocycles. The van der Waals surface area contributed by atoms with Gasteiger partial charge in [0.2, 0.25) is 0 Å². The molecule has 2 N–H and O–H groups in total. The van der Waals surface area contributed by atoms with E-state index in [0.717, 1.165) is 31.4 Å². The normalized spacial score (nSPS) is 26.3. The van der Waals surface area contributed by atoms with Crippen molar-refractivity contribution in [2.45, 2.75) is 39.3 Å². The second kappa shape index (κ2) is 5.65. The molecule has 1 aromatic rings. The van der Waals surface area contributed by atoms with Crippen molar-refractivity contribution in [2.24, 2.45) is 11.7 Å². The van der Waals surface area contributed by atoms with Gasteiger partial charge in [0.15, 0.2) is 0 Å². The van der Waals surface area contributed by atoms with Gasteiger partial charge in [-0.2, -0.15) is 0 Å². The first-order valence-corrected chi connectivity index (χ1v) is 6.62. The standard InChI is InChI=1S/C13H24N4/c1-11-3-5-17(13(9-11)10-14)8-7-16-6-4-15-12(16)2/h4,6,11,13H,3,5,7-10,14H2,1-2H3. The topological polar surface area (TPSA) is 47.1 Å². The van der Waals surface area contributed by atoms with Crippen molar-refractivity contribution < 1.29 is 0 Å². The minimum absolute atomic E-state index is 0.572. The van der Waals surface area contributed by atoms with Crippen LogP contribution in [0, 0.1) is 12.8 Å². The Labute approximate surface area is 104 Å². The van der Waals surface area contributed by atoms with Gasteiger partial charge in [0.05, 0.1) is 0 Å². The number of aryl methyl sites for hydroxylation is 1. The summed E-state index contributed by atoms with van der Waals surface area (Å²) in [5.41, 5.74) is 5.87. The maximum atomic E-state index is 5.87. The van der Waals surface area contributed by atoms with Crippen LogP contribution in [0.25, 0.3) is 0 Å². The minimum atomic E-state index is 0.572. The van der Waals surface area contributed by atoms with Crippen LogP contribution in [0.5, 0.6) is 0 Å². The summed E-state index contributed by atoms with van der Waals surface area (Å²) in [6, 6.07) is 0.572. The smallest absolute Gasteiger partial charge is 0.105 e. The van der Waals surface area contributed by atoms with Gasteiger partial charge < -0.3 is 10.3 Å². The van der Waals surface area contributed by atoms with Gasteiger partial charge in [-0.1, -0.05) is 6.92 Å². The highest BCUT2D eigenvalue weighted by atomic mass is 15.2. The highest BCUT2D eigenvalue weighted by Crippen LogP contribution is 2.21. The van der Waals surface area contributed by atoms with Crippen LogP contribution in [0.1, 0.15) is 25.6 Å². The van der Waals surface area contributed by atoms with Gasteiger partial charge in [-0.25, -0.2) is 4.98 Å². The summed E-state index contributed by atoms with van der Waals surface area (Å²) in [5, 5.41) is 0. The number of nitrogens with two attached hydrogens (primary N) is 1. The Kier molecular flexibility index (Phi) is 4.18. The molecule has 2 heterocycles. The lowest BCUT2D eigenvalue weighted by molar-refractivity contribution is 0.118. The average molecular weight is 236 g/mol. The molecule has 2 rings (SSSR count). The van der Waals surface area contributed by atoms with Crippen LogP contribution in [0.4, 0.5) is 0 Å². The number of likely N-dealkylation sites (tertiary alicyclic amines) is 1. The fourth-order valence-corrected chi connectivity index (χ4v) is 2.72. The first-order valence-electron chi connectivity index (χ1n) is 6.62. The highest BCUT2D eigenvalue weighted by Gasteiger charge is 2.24. The van der Waals surface area contributed by atoms with E-state index >= 15 is 0 Å². The molecular weight excluding hydrogens is 212 g/mol. The van der Waals surface area contributed by atoms with Crippen LogP contribution in [0.15, 0.2) is 12.4 Å². The molecule has 0 radical (unpaired) electrons. The molecule has 0 amide bonds. The van der Waals surface area contributed by atoms with Crippen LogP contribution in [-0.2, 0) is 6.54 Å². The number of imidazole rings is 1. The van der Waals surface area contributed by atoms with E-state index in [0.29, 0.717) is 6.04 Å². The van der Waals surface area contributed by atoms with Gasteiger partial charge >= 0.3 is 0 Å². The van der Waals surface area contributed by atoms with Gasteiger partial charge in [-0.05, 0) is 32.2 Å². The number of nitrogens with zero attached hydrogens (tertiary/aromatic N) is 3. The van der Waals surface area contributed by atoms with Gasteiger partial charge in [0, 0.05) is 38.1 Å². The predicted octanol–water partition coefficient (Wildman–Crippen LogP) is 1.25. The van der Waals surface area contributed by atoms with E-state index < -0.39 is 0 Å². The Morgan fingerprint density at radius 1 is 1.47 bits per heavy atom. The maximum absolute atomic E-state index is 5.87. The van der Waals surface area contributed by atoms with Crippen molar-refractivity contribution in [3.05, 3.63) is 18.2 Å². The largest absolute Gasteiger partial charge is 0.334 e. The van der Waals surface area contributed by atoms with Crippen LogP contribution in [0.3, 0.4) is 0 Å². The molecular formula is C13H24N4. The van der Waals surface area contributed by atoms with Crippen LogP contribution in [0.2, 0.25) is 0 Å². The van der Waals surface area contributed by atoms with Gasteiger partial charge in [0.1, 0.15) is 5.82 Å². The van der Waals surface area contributed by atoms with E-state index in [1.54, 1.807) is 0 Å². The molecule has 0 bridgehead atoms. The van der Waals surface area contributed by atoms with E-state index in [-0.39, 0.29) is 0 Å². The Morgan fingerprint density at radius 2 is 2.29 bits per heavy atom. The van der Waals surface area contributed by atoms with Crippen LogP contribution >= 0.6 is 0 Å². The number of rotatable bonds is 4. The molecule has 4 heteroatoms. The third-order valence-electron chi connectivity index (χ3n) is 3.92. The number of aromatic nitrogens is 2. The monoisotopic (exact) mass is 236 g/mol. The first-order chi connectivity index (χ1) is 8.20. The van der Waals surface area contributed by atoms with E-state index in [4.69, 9.17) is 5.73 Å². The summed E-state index contributed by atoms with van der Waals surface area (Å²) in [6.45, 7) is 8.48. The molecule has 4 nitrogen and oxygen atoms in total. The van der Waals surface area contributed by atoms with Crippen molar-refractivity contribution in [2.75, 3.05) is 19.6 Å². The maximum Gasteiger partial charge on any atom is 0.105 e. The zero-order valence-electron chi connectivity index (χ0n) is 11.0. The molecule has 2 atom stereocenters. The van der Waals surface area contributed by atoms with Crippen molar-refractivity contribution in [3.63, 3.8) is 0 Å². The molecule has 2 unspecified atom stereocenters. The predicted molar refractivity (Wildman–Crippen MR) is 69.8 cm³/mol. The molecule has 0 spiro atoms. The first kappa shape index (κ1) is 12.6. The lowest BCUT2D eigenvalue weighted by Crippen LogP contribution is -2.47.